The topological polar surface area (TPSA) is 47.0 Å². The molecule has 0 aliphatic carbocycles. The quantitative estimate of drug-likeness (QED) is 0.546. The van der Waals surface area contributed by atoms with Gasteiger partial charge >= 0.3 is 0 Å². The van der Waals surface area contributed by atoms with Gasteiger partial charge in [0.2, 0.25) is 5.88 Å². The van der Waals surface area contributed by atoms with Gasteiger partial charge in [-0.15, -0.1) is 11.6 Å². The highest BCUT2D eigenvalue weighted by molar-refractivity contribution is 6.17. The Labute approximate surface area is 108 Å². The molecule has 4 nitrogen and oxygen atoms in total. The molecule has 0 bridgehead atoms. The van der Waals surface area contributed by atoms with Gasteiger partial charge in [0.25, 0.3) is 0 Å². The van der Waals surface area contributed by atoms with Gasteiger partial charge in [-0.25, -0.2) is 9.97 Å². The summed E-state index contributed by atoms with van der Waals surface area (Å²) >= 11 is 5.61. The summed E-state index contributed by atoms with van der Waals surface area (Å²) in [4.78, 5) is 8.18. The van der Waals surface area contributed by atoms with Crippen molar-refractivity contribution in [3.8, 4) is 5.88 Å². The van der Waals surface area contributed by atoms with Crippen molar-refractivity contribution in [3.05, 3.63) is 12.4 Å². The second-order valence-corrected chi connectivity index (χ2v) is 4.14. The lowest BCUT2D eigenvalue weighted by Crippen LogP contribution is -2.05. The maximum absolute atomic E-state index is 5.61. The Kier molecular flexibility index (Phi) is 7.47. The van der Waals surface area contributed by atoms with Gasteiger partial charge in [-0.1, -0.05) is 13.3 Å². The van der Waals surface area contributed by atoms with Crippen molar-refractivity contribution in [2.45, 2.75) is 32.6 Å². The van der Waals surface area contributed by atoms with Crippen molar-refractivity contribution in [3.63, 3.8) is 0 Å². The molecule has 0 aliphatic rings. The molecule has 1 rings (SSSR count). The highest BCUT2D eigenvalue weighted by Gasteiger charge is 1.98. The highest BCUT2D eigenvalue weighted by atomic mass is 35.5. The van der Waals surface area contributed by atoms with E-state index in [2.05, 4.69) is 22.2 Å². The van der Waals surface area contributed by atoms with Crippen LogP contribution < -0.4 is 10.1 Å². The smallest absolute Gasteiger partial charge is 0.218 e. The molecular formula is C12H20ClN3O. The molecule has 0 unspecified atom stereocenters. The Morgan fingerprint density at radius 3 is 2.94 bits per heavy atom. The van der Waals surface area contributed by atoms with Gasteiger partial charge < -0.3 is 10.1 Å². The molecule has 0 radical (unpaired) electrons. The van der Waals surface area contributed by atoms with Crippen LogP contribution in [0.2, 0.25) is 0 Å². The molecule has 0 amide bonds. The Balaban J connectivity index is 2.27. The second kappa shape index (κ2) is 9.05. The molecule has 5 heteroatoms. The predicted octanol–water partition coefficient (Wildman–Crippen LogP) is 3.09. The van der Waals surface area contributed by atoms with E-state index in [1.165, 1.54) is 6.33 Å². The Morgan fingerprint density at radius 1 is 1.29 bits per heavy atom. The summed E-state index contributed by atoms with van der Waals surface area (Å²) < 4.78 is 5.43. The number of aromatic nitrogens is 2. The number of nitrogens with zero attached hydrogens (tertiary/aromatic N) is 2. The molecule has 0 aromatic carbocycles. The number of unbranched alkanes of at least 4 members (excludes halogenated alkanes) is 2. The van der Waals surface area contributed by atoms with E-state index < -0.39 is 0 Å². The monoisotopic (exact) mass is 257 g/mol. The van der Waals surface area contributed by atoms with Crippen LogP contribution in [0.1, 0.15) is 32.6 Å². The molecule has 0 atom stereocenters. The van der Waals surface area contributed by atoms with E-state index in [0.29, 0.717) is 12.5 Å². The van der Waals surface area contributed by atoms with Crippen LogP contribution in [0, 0.1) is 0 Å². The van der Waals surface area contributed by atoms with Crippen LogP contribution in [-0.4, -0.2) is 29.0 Å². The summed E-state index contributed by atoms with van der Waals surface area (Å²) in [5.41, 5.74) is 0. The molecule has 0 saturated heterocycles. The van der Waals surface area contributed by atoms with Crippen LogP contribution in [-0.2, 0) is 0 Å². The molecule has 0 saturated carbocycles. The predicted molar refractivity (Wildman–Crippen MR) is 70.9 cm³/mol. The second-order valence-electron chi connectivity index (χ2n) is 3.77. The first-order valence-electron chi connectivity index (χ1n) is 6.11. The molecule has 0 aliphatic heterocycles. The van der Waals surface area contributed by atoms with Gasteiger partial charge in [0.1, 0.15) is 12.1 Å². The van der Waals surface area contributed by atoms with Crippen LogP contribution in [0.3, 0.4) is 0 Å². The third-order valence-corrected chi connectivity index (χ3v) is 2.48. The molecular weight excluding hydrogens is 238 g/mol. The van der Waals surface area contributed by atoms with Gasteiger partial charge in [-0.3, -0.25) is 0 Å². The van der Waals surface area contributed by atoms with E-state index in [9.17, 15) is 0 Å². The fraction of sp³-hybridized carbons (Fsp3) is 0.667. The Hall–Kier alpha value is -1.03. The summed E-state index contributed by atoms with van der Waals surface area (Å²) in [6, 6.07) is 1.83. The molecule has 1 N–H and O–H groups in total. The maximum atomic E-state index is 5.61. The largest absolute Gasteiger partial charge is 0.478 e. The van der Waals surface area contributed by atoms with Crippen molar-refractivity contribution in [1.29, 1.82) is 0 Å². The normalized spacial score (nSPS) is 10.2. The lowest BCUT2D eigenvalue weighted by atomic mass is 10.2. The standard InChI is InChI=1S/C12H20ClN3O/c1-2-8-17-12-9-11(15-10-16-12)14-7-5-3-4-6-13/h9-10H,2-8H2,1H3,(H,14,15,16). The SMILES string of the molecule is CCCOc1cc(NCCCCCCl)ncn1. The summed E-state index contributed by atoms with van der Waals surface area (Å²) in [7, 11) is 0. The molecule has 96 valence electrons. The first kappa shape index (κ1) is 14.0. The zero-order valence-corrected chi connectivity index (χ0v) is 11.0. The average molecular weight is 258 g/mol. The zero-order chi connectivity index (χ0) is 12.3. The minimum absolute atomic E-state index is 0.630. The molecule has 1 aromatic heterocycles. The van der Waals surface area contributed by atoms with E-state index >= 15 is 0 Å². The van der Waals surface area contributed by atoms with Gasteiger partial charge in [-0.2, -0.15) is 0 Å². The number of rotatable bonds is 9. The summed E-state index contributed by atoms with van der Waals surface area (Å²) in [5, 5.41) is 3.25. The summed E-state index contributed by atoms with van der Waals surface area (Å²) in [5.74, 6) is 2.18. The fourth-order valence-electron chi connectivity index (χ4n) is 1.33. The Bertz CT molecular complexity index is 310. The van der Waals surface area contributed by atoms with E-state index in [4.69, 9.17) is 16.3 Å². The minimum Gasteiger partial charge on any atom is -0.478 e. The van der Waals surface area contributed by atoms with Crippen molar-refractivity contribution >= 4 is 17.4 Å². The fourth-order valence-corrected chi connectivity index (χ4v) is 1.52. The first-order valence-corrected chi connectivity index (χ1v) is 6.65. The molecule has 17 heavy (non-hydrogen) atoms. The van der Waals surface area contributed by atoms with Crippen LogP contribution in [0.15, 0.2) is 12.4 Å². The van der Waals surface area contributed by atoms with Crippen LogP contribution in [0.25, 0.3) is 0 Å². The molecule has 0 fully saturated rings. The number of hydrogen-bond acceptors (Lipinski definition) is 4. The third kappa shape index (κ3) is 6.31. The minimum atomic E-state index is 0.630. The average Bonchev–Trinajstić information content (AvgIpc) is 2.37. The van der Waals surface area contributed by atoms with Crippen molar-refractivity contribution < 1.29 is 4.74 Å². The zero-order valence-electron chi connectivity index (χ0n) is 10.3. The molecule has 1 aromatic rings. The van der Waals surface area contributed by atoms with E-state index in [-0.39, 0.29) is 0 Å². The van der Waals surface area contributed by atoms with Gasteiger partial charge in [0, 0.05) is 18.5 Å². The number of nitrogens with one attached hydrogen (secondary N) is 1. The van der Waals surface area contributed by atoms with Gasteiger partial charge in [0.15, 0.2) is 0 Å². The van der Waals surface area contributed by atoms with Crippen molar-refractivity contribution in [2.24, 2.45) is 0 Å². The van der Waals surface area contributed by atoms with Gasteiger partial charge in [-0.05, 0) is 19.3 Å². The van der Waals surface area contributed by atoms with Crippen LogP contribution in [0.4, 0.5) is 5.82 Å². The summed E-state index contributed by atoms with van der Waals surface area (Å²) in [6.45, 7) is 3.66. The lowest BCUT2D eigenvalue weighted by molar-refractivity contribution is 0.305. The van der Waals surface area contributed by atoms with E-state index in [1.54, 1.807) is 0 Å². The number of alkyl halides is 1. The third-order valence-electron chi connectivity index (χ3n) is 2.21. The van der Waals surface area contributed by atoms with Crippen LogP contribution >= 0.6 is 11.6 Å². The lowest BCUT2D eigenvalue weighted by Gasteiger charge is -2.07. The van der Waals surface area contributed by atoms with Crippen LogP contribution in [0.5, 0.6) is 5.88 Å². The number of ether oxygens (including phenoxy) is 1. The number of anilines is 1. The summed E-state index contributed by atoms with van der Waals surface area (Å²) in [6.07, 6.45) is 5.80. The highest BCUT2D eigenvalue weighted by Crippen LogP contribution is 2.11. The Morgan fingerprint density at radius 2 is 2.18 bits per heavy atom. The van der Waals surface area contributed by atoms with Gasteiger partial charge in [0.05, 0.1) is 6.61 Å². The number of halogens is 1. The number of hydrogen-bond donors (Lipinski definition) is 1. The first-order chi connectivity index (χ1) is 8.36. The van der Waals surface area contributed by atoms with E-state index in [0.717, 1.165) is 43.9 Å². The molecule has 1 heterocycles. The van der Waals surface area contributed by atoms with Crippen molar-refractivity contribution in [2.75, 3.05) is 24.3 Å². The molecule has 0 spiro atoms. The maximum Gasteiger partial charge on any atom is 0.218 e. The van der Waals surface area contributed by atoms with Crippen molar-refractivity contribution in [1.82, 2.24) is 9.97 Å². The van der Waals surface area contributed by atoms with E-state index in [1.807, 2.05) is 6.07 Å².